The minimum Gasteiger partial charge on any atom is -0.396 e. The van der Waals surface area contributed by atoms with Gasteiger partial charge in [-0.1, -0.05) is 30.3 Å². The standard InChI is InChI=1S/C16H22O3/c17-10-4-3-7-16(18)15-6-2-1-5-14(15)13-8-11-19-12-9-13/h1-2,5-6,8,16-18H,3-4,7,9-12H2. The van der Waals surface area contributed by atoms with Crippen LogP contribution in [-0.2, 0) is 4.74 Å². The van der Waals surface area contributed by atoms with Crippen LogP contribution in [0.5, 0.6) is 0 Å². The van der Waals surface area contributed by atoms with Gasteiger partial charge in [0.2, 0.25) is 0 Å². The van der Waals surface area contributed by atoms with Crippen molar-refractivity contribution in [2.24, 2.45) is 0 Å². The summed E-state index contributed by atoms with van der Waals surface area (Å²) >= 11 is 0. The fraction of sp³-hybridized carbons (Fsp3) is 0.500. The zero-order valence-corrected chi connectivity index (χ0v) is 11.2. The molecule has 104 valence electrons. The minimum atomic E-state index is -0.452. The first-order valence-electron chi connectivity index (χ1n) is 6.98. The Hall–Kier alpha value is -1.16. The maximum Gasteiger partial charge on any atom is 0.0795 e. The van der Waals surface area contributed by atoms with Gasteiger partial charge in [0, 0.05) is 6.61 Å². The summed E-state index contributed by atoms with van der Waals surface area (Å²) in [6.07, 6.45) is 4.83. The molecule has 0 aromatic heterocycles. The van der Waals surface area contributed by atoms with Crippen LogP contribution >= 0.6 is 0 Å². The molecule has 19 heavy (non-hydrogen) atoms. The molecule has 1 aromatic carbocycles. The van der Waals surface area contributed by atoms with Crippen LogP contribution in [0.4, 0.5) is 0 Å². The molecule has 1 aliphatic heterocycles. The summed E-state index contributed by atoms with van der Waals surface area (Å²) in [7, 11) is 0. The van der Waals surface area contributed by atoms with Crippen molar-refractivity contribution in [3.63, 3.8) is 0 Å². The molecule has 0 spiro atoms. The highest BCUT2D eigenvalue weighted by Crippen LogP contribution is 2.30. The highest BCUT2D eigenvalue weighted by molar-refractivity contribution is 5.69. The number of hydrogen-bond donors (Lipinski definition) is 2. The molecule has 1 heterocycles. The fourth-order valence-corrected chi connectivity index (χ4v) is 2.46. The number of unbranched alkanes of at least 4 members (excludes halogenated alkanes) is 1. The molecule has 3 heteroatoms. The molecule has 0 aliphatic carbocycles. The normalized spacial score (nSPS) is 17.1. The second kappa shape index (κ2) is 7.43. The lowest BCUT2D eigenvalue weighted by Crippen LogP contribution is -2.07. The Morgan fingerprint density at radius 1 is 1.21 bits per heavy atom. The predicted molar refractivity (Wildman–Crippen MR) is 75.8 cm³/mol. The zero-order chi connectivity index (χ0) is 13.5. The average molecular weight is 262 g/mol. The van der Waals surface area contributed by atoms with Gasteiger partial charge in [0.05, 0.1) is 19.3 Å². The van der Waals surface area contributed by atoms with Gasteiger partial charge in [0.1, 0.15) is 0 Å². The second-order valence-corrected chi connectivity index (χ2v) is 4.88. The Kier molecular flexibility index (Phi) is 5.58. The van der Waals surface area contributed by atoms with E-state index in [1.54, 1.807) is 0 Å². The molecule has 0 saturated carbocycles. The Balaban J connectivity index is 2.13. The van der Waals surface area contributed by atoms with E-state index < -0.39 is 6.10 Å². The number of hydrogen-bond acceptors (Lipinski definition) is 3. The maximum atomic E-state index is 10.3. The van der Waals surface area contributed by atoms with Crippen molar-refractivity contribution in [3.8, 4) is 0 Å². The molecule has 0 amide bonds. The van der Waals surface area contributed by atoms with Crippen molar-refractivity contribution < 1.29 is 14.9 Å². The van der Waals surface area contributed by atoms with Crippen LogP contribution in [0.1, 0.15) is 42.9 Å². The Labute approximate surface area is 114 Å². The van der Waals surface area contributed by atoms with E-state index in [-0.39, 0.29) is 6.61 Å². The Morgan fingerprint density at radius 3 is 2.79 bits per heavy atom. The lowest BCUT2D eigenvalue weighted by atomic mass is 9.92. The number of benzene rings is 1. The SMILES string of the molecule is OCCCCC(O)c1ccccc1C1=CCOCC1. The van der Waals surface area contributed by atoms with Gasteiger partial charge in [-0.25, -0.2) is 0 Å². The molecule has 1 unspecified atom stereocenters. The lowest BCUT2D eigenvalue weighted by Gasteiger charge is -2.20. The van der Waals surface area contributed by atoms with Crippen LogP contribution in [0.3, 0.4) is 0 Å². The average Bonchev–Trinajstić information content (AvgIpc) is 2.48. The first kappa shape index (κ1) is 14.3. The summed E-state index contributed by atoms with van der Waals surface area (Å²) in [5.74, 6) is 0. The molecule has 1 atom stereocenters. The van der Waals surface area contributed by atoms with Gasteiger partial charge < -0.3 is 14.9 Å². The largest absolute Gasteiger partial charge is 0.396 e. The van der Waals surface area contributed by atoms with Crippen LogP contribution in [-0.4, -0.2) is 30.0 Å². The van der Waals surface area contributed by atoms with E-state index in [9.17, 15) is 5.11 Å². The van der Waals surface area contributed by atoms with E-state index in [2.05, 4.69) is 12.1 Å². The van der Waals surface area contributed by atoms with Gasteiger partial charge in [-0.2, -0.15) is 0 Å². The predicted octanol–water partition coefficient (Wildman–Crippen LogP) is 2.69. The summed E-state index contributed by atoms with van der Waals surface area (Å²) in [4.78, 5) is 0. The van der Waals surface area contributed by atoms with Crippen LogP contribution < -0.4 is 0 Å². The summed E-state index contributed by atoms with van der Waals surface area (Å²) in [5.41, 5.74) is 3.40. The topological polar surface area (TPSA) is 49.7 Å². The number of rotatable bonds is 6. The van der Waals surface area contributed by atoms with E-state index in [0.717, 1.165) is 37.0 Å². The van der Waals surface area contributed by atoms with E-state index in [1.807, 2.05) is 18.2 Å². The molecule has 1 aromatic rings. The third kappa shape index (κ3) is 3.90. The molecule has 2 rings (SSSR count). The van der Waals surface area contributed by atoms with Crippen LogP contribution in [0, 0.1) is 0 Å². The van der Waals surface area contributed by atoms with Crippen LogP contribution in [0.2, 0.25) is 0 Å². The van der Waals surface area contributed by atoms with Crippen LogP contribution in [0.15, 0.2) is 30.3 Å². The maximum absolute atomic E-state index is 10.3. The molecule has 1 aliphatic rings. The van der Waals surface area contributed by atoms with E-state index in [1.165, 1.54) is 5.57 Å². The van der Waals surface area contributed by atoms with Gasteiger partial charge in [-0.05, 0) is 42.4 Å². The summed E-state index contributed by atoms with van der Waals surface area (Å²) in [5, 5.41) is 19.1. The molecule has 2 N–H and O–H groups in total. The zero-order valence-electron chi connectivity index (χ0n) is 11.2. The minimum absolute atomic E-state index is 0.191. The molecule has 0 radical (unpaired) electrons. The van der Waals surface area contributed by atoms with E-state index in [4.69, 9.17) is 9.84 Å². The quantitative estimate of drug-likeness (QED) is 0.775. The smallest absolute Gasteiger partial charge is 0.0795 e. The number of aliphatic hydroxyl groups excluding tert-OH is 2. The van der Waals surface area contributed by atoms with Gasteiger partial charge in [-0.15, -0.1) is 0 Å². The summed E-state index contributed by atoms with van der Waals surface area (Å²) < 4.78 is 5.33. The third-order valence-corrected chi connectivity index (χ3v) is 3.51. The molecular formula is C16H22O3. The molecular weight excluding hydrogens is 240 g/mol. The van der Waals surface area contributed by atoms with Crippen LogP contribution in [0.25, 0.3) is 5.57 Å². The monoisotopic (exact) mass is 262 g/mol. The van der Waals surface area contributed by atoms with Gasteiger partial charge >= 0.3 is 0 Å². The molecule has 0 bridgehead atoms. The molecule has 0 saturated heterocycles. The van der Waals surface area contributed by atoms with Gasteiger partial charge in [0.25, 0.3) is 0 Å². The highest BCUT2D eigenvalue weighted by atomic mass is 16.5. The molecule has 0 fully saturated rings. The summed E-state index contributed by atoms with van der Waals surface area (Å²) in [6, 6.07) is 8.04. The Bertz CT molecular complexity index is 426. The van der Waals surface area contributed by atoms with Crippen molar-refractivity contribution in [2.75, 3.05) is 19.8 Å². The first-order chi connectivity index (χ1) is 9.33. The van der Waals surface area contributed by atoms with E-state index >= 15 is 0 Å². The van der Waals surface area contributed by atoms with Crippen molar-refractivity contribution in [3.05, 3.63) is 41.5 Å². The third-order valence-electron chi connectivity index (χ3n) is 3.51. The van der Waals surface area contributed by atoms with Gasteiger partial charge in [0.15, 0.2) is 0 Å². The highest BCUT2D eigenvalue weighted by Gasteiger charge is 2.15. The first-order valence-corrected chi connectivity index (χ1v) is 6.98. The van der Waals surface area contributed by atoms with E-state index in [0.29, 0.717) is 13.0 Å². The second-order valence-electron chi connectivity index (χ2n) is 4.88. The van der Waals surface area contributed by atoms with Crippen molar-refractivity contribution in [1.82, 2.24) is 0 Å². The van der Waals surface area contributed by atoms with Crippen molar-refractivity contribution in [1.29, 1.82) is 0 Å². The molecule has 3 nitrogen and oxygen atoms in total. The lowest BCUT2D eigenvalue weighted by molar-refractivity contribution is 0.156. The van der Waals surface area contributed by atoms with Gasteiger partial charge in [-0.3, -0.25) is 0 Å². The summed E-state index contributed by atoms with van der Waals surface area (Å²) in [6.45, 7) is 1.60. The Morgan fingerprint density at radius 2 is 2.05 bits per heavy atom. The van der Waals surface area contributed by atoms with Crippen molar-refractivity contribution >= 4 is 5.57 Å². The van der Waals surface area contributed by atoms with Crippen molar-refractivity contribution in [2.45, 2.75) is 31.8 Å². The fourth-order valence-electron chi connectivity index (χ4n) is 2.46. The number of aliphatic hydroxyl groups is 2. The number of ether oxygens (including phenoxy) is 1.